The van der Waals surface area contributed by atoms with Gasteiger partial charge in [0.1, 0.15) is 18.3 Å². The van der Waals surface area contributed by atoms with Crippen LogP contribution in [0.1, 0.15) is 33.6 Å². The zero-order valence-electron chi connectivity index (χ0n) is 16.6. The normalized spacial score (nSPS) is 42.3. The minimum atomic E-state index is -0.635. The van der Waals surface area contributed by atoms with E-state index < -0.39 is 42.0 Å². The first kappa shape index (κ1) is 19.4. The molecule has 3 aliphatic heterocycles. The summed E-state index contributed by atoms with van der Waals surface area (Å²) in [6.07, 6.45) is 2.58. The second kappa shape index (κ2) is 6.83. The smallest absolute Gasteiger partial charge is 0.334 e. The molecule has 7 heteroatoms. The Kier molecular flexibility index (Phi) is 4.72. The molecule has 2 bridgehead atoms. The summed E-state index contributed by atoms with van der Waals surface area (Å²) in [4.78, 5) is 24.8. The summed E-state index contributed by atoms with van der Waals surface area (Å²) >= 11 is 0. The second-order valence-corrected chi connectivity index (χ2v) is 8.08. The van der Waals surface area contributed by atoms with Crippen molar-refractivity contribution in [1.29, 1.82) is 0 Å². The van der Waals surface area contributed by atoms with Crippen LogP contribution in [-0.4, -0.2) is 55.4 Å². The molecule has 152 valence electrons. The SMILES string of the molecule is C=C1C(=O)O[C@H]2[C@H]1[C@@H](OC(=O)/C(C)=C/C)CC1=C[C@H](C[C@@]3(C)O[C@H]23)O[C@@H]1OC. The van der Waals surface area contributed by atoms with E-state index in [0.717, 1.165) is 5.57 Å². The summed E-state index contributed by atoms with van der Waals surface area (Å²) in [7, 11) is 1.58. The molecule has 3 heterocycles. The fourth-order valence-electron chi connectivity index (χ4n) is 4.43. The number of hydrogen-bond acceptors (Lipinski definition) is 7. The molecule has 4 rings (SSSR count). The van der Waals surface area contributed by atoms with E-state index in [1.807, 2.05) is 13.0 Å². The number of ether oxygens (including phenoxy) is 5. The van der Waals surface area contributed by atoms with Gasteiger partial charge in [0.2, 0.25) is 0 Å². The number of methoxy groups -OCH3 is 1. The maximum absolute atomic E-state index is 12.5. The van der Waals surface area contributed by atoms with E-state index in [9.17, 15) is 9.59 Å². The van der Waals surface area contributed by atoms with Crippen molar-refractivity contribution >= 4 is 11.9 Å². The van der Waals surface area contributed by atoms with Crippen LogP contribution in [0, 0.1) is 5.92 Å². The van der Waals surface area contributed by atoms with E-state index in [4.69, 9.17) is 23.7 Å². The van der Waals surface area contributed by atoms with Crippen molar-refractivity contribution in [2.75, 3.05) is 7.11 Å². The highest BCUT2D eigenvalue weighted by Crippen LogP contribution is 2.51. The molecule has 0 aromatic rings. The molecular weight excluding hydrogens is 364 g/mol. The molecule has 4 aliphatic rings. The van der Waals surface area contributed by atoms with Crippen LogP contribution in [0.25, 0.3) is 0 Å². The molecule has 0 N–H and O–H groups in total. The quantitative estimate of drug-likeness (QED) is 0.316. The Bertz CT molecular complexity index is 782. The van der Waals surface area contributed by atoms with Gasteiger partial charge in [-0.25, -0.2) is 9.59 Å². The summed E-state index contributed by atoms with van der Waals surface area (Å²) < 4.78 is 28.9. The van der Waals surface area contributed by atoms with Crippen molar-refractivity contribution in [3.63, 3.8) is 0 Å². The average molecular weight is 390 g/mol. The van der Waals surface area contributed by atoms with Crippen molar-refractivity contribution in [2.45, 2.75) is 69.9 Å². The lowest BCUT2D eigenvalue weighted by Crippen LogP contribution is -2.39. The van der Waals surface area contributed by atoms with Crippen LogP contribution in [0.4, 0.5) is 0 Å². The van der Waals surface area contributed by atoms with E-state index in [2.05, 4.69) is 6.58 Å². The standard InChI is InChI=1S/C21H26O7/c1-6-10(2)18(22)26-14-8-12-7-13(25-20(12)24-5)9-21(4)17(28-21)16-15(14)11(3)19(23)27-16/h6-7,13-17,20H,3,8-9H2,1-2,4-5H3/b10-6+/t13-,14+,15-,16+,17-,20+,21-/m1/s1. The average Bonchev–Trinajstić information content (AvgIpc) is 3.01. The molecule has 0 unspecified atom stereocenters. The predicted octanol–water partition coefficient (Wildman–Crippen LogP) is 2.21. The first-order chi connectivity index (χ1) is 13.3. The zero-order chi connectivity index (χ0) is 20.2. The van der Waals surface area contributed by atoms with Gasteiger partial charge in [0, 0.05) is 31.1 Å². The van der Waals surface area contributed by atoms with Gasteiger partial charge >= 0.3 is 11.9 Å². The largest absolute Gasteiger partial charge is 0.458 e. The lowest BCUT2D eigenvalue weighted by atomic mass is 9.82. The molecule has 1 aliphatic carbocycles. The van der Waals surface area contributed by atoms with Gasteiger partial charge in [0.15, 0.2) is 6.29 Å². The molecule has 0 aromatic carbocycles. The van der Waals surface area contributed by atoms with Crippen LogP contribution in [-0.2, 0) is 33.3 Å². The van der Waals surface area contributed by atoms with Gasteiger partial charge in [-0.05, 0) is 26.3 Å². The van der Waals surface area contributed by atoms with E-state index in [1.54, 1.807) is 27.0 Å². The van der Waals surface area contributed by atoms with Gasteiger partial charge in [0.25, 0.3) is 0 Å². The molecule has 0 aromatic heterocycles. The molecule has 0 radical (unpaired) electrons. The van der Waals surface area contributed by atoms with E-state index in [-0.39, 0.29) is 12.2 Å². The van der Waals surface area contributed by atoms with E-state index in [1.165, 1.54) is 0 Å². The maximum Gasteiger partial charge on any atom is 0.334 e. The van der Waals surface area contributed by atoms with Crippen molar-refractivity contribution in [3.05, 3.63) is 35.5 Å². The number of hydrogen-bond donors (Lipinski definition) is 0. The number of allylic oxidation sites excluding steroid dienone is 1. The fourth-order valence-corrected chi connectivity index (χ4v) is 4.43. The Hall–Kier alpha value is -1.96. The van der Waals surface area contributed by atoms with E-state index in [0.29, 0.717) is 24.0 Å². The Morgan fingerprint density at radius 2 is 2.18 bits per heavy atom. The number of fused-ring (bicyclic) bond motifs is 4. The van der Waals surface area contributed by atoms with Crippen molar-refractivity contribution in [2.24, 2.45) is 5.92 Å². The number of carbonyl (C=O) groups excluding carboxylic acids is 2. The Morgan fingerprint density at radius 3 is 2.86 bits per heavy atom. The minimum Gasteiger partial charge on any atom is -0.458 e. The number of carbonyl (C=O) groups is 2. The third-order valence-electron chi connectivity index (χ3n) is 6.17. The molecular formula is C21H26O7. The minimum absolute atomic E-state index is 0.166. The molecule has 0 saturated carbocycles. The van der Waals surface area contributed by atoms with Crippen LogP contribution in [0.5, 0.6) is 0 Å². The van der Waals surface area contributed by atoms with Gasteiger partial charge in [0.05, 0.1) is 17.6 Å². The summed E-state index contributed by atoms with van der Waals surface area (Å²) in [6.45, 7) is 9.37. The zero-order valence-corrected chi connectivity index (χ0v) is 16.6. The third-order valence-corrected chi connectivity index (χ3v) is 6.17. The first-order valence-electron chi connectivity index (χ1n) is 9.57. The van der Waals surface area contributed by atoms with Crippen molar-refractivity contribution < 1.29 is 33.3 Å². The first-order valence-corrected chi connectivity index (χ1v) is 9.57. The second-order valence-electron chi connectivity index (χ2n) is 8.08. The fraction of sp³-hybridized carbons (Fsp3) is 0.619. The van der Waals surface area contributed by atoms with E-state index >= 15 is 0 Å². The Labute approximate surface area is 164 Å². The third kappa shape index (κ3) is 3.11. The molecule has 7 nitrogen and oxygen atoms in total. The van der Waals surface area contributed by atoms with Crippen LogP contribution in [0.3, 0.4) is 0 Å². The molecule has 0 amide bonds. The van der Waals surface area contributed by atoms with Gasteiger partial charge in [-0.2, -0.15) is 0 Å². The summed E-state index contributed by atoms with van der Waals surface area (Å²) in [6, 6.07) is 0. The molecule has 2 fully saturated rings. The number of esters is 2. The molecule has 7 atom stereocenters. The van der Waals surface area contributed by atoms with Crippen LogP contribution < -0.4 is 0 Å². The topological polar surface area (TPSA) is 83.6 Å². The van der Waals surface area contributed by atoms with Gasteiger partial charge in [-0.1, -0.05) is 18.7 Å². The monoisotopic (exact) mass is 390 g/mol. The summed E-state index contributed by atoms with van der Waals surface area (Å²) in [5.74, 6) is -1.38. The Balaban J connectivity index is 1.72. The highest BCUT2D eigenvalue weighted by molar-refractivity contribution is 5.91. The summed E-state index contributed by atoms with van der Waals surface area (Å²) in [5.41, 5.74) is 1.21. The maximum atomic E-state index is 12.5. The lowest BCUT2D eigenvalue weighted by Gasteiger charge is -2.28. The molecule has 28 heavy (non-hydrogen) atoms. The predicted molar refractivity (Wildman–Crippen MR) is 98.1 cm³/mol. The number of epoxide rings is 1. The van der Waals surface area contributed by atoms with Gasteiger partial charge in [-0.3, -0.25) is 0 Å². The van der Waals surface area contributed by atoms with Crippen molar-refractivity contribution in [3.8, 4) is 0 Å². The van der Waals surface area contributed by atoms with Crippen LogP contribution >= 0.6 is 0 Å². The highest BCUT2D eigenvalue weighted by atomic mass is 16.7. The van der Waals surface area contributed by atoms with Crippen LogP contribution in [0.2, 0.25) is 0 Å². The molecule has 2 saturated heterocycles. The Morgan fingerprint density at radius 1 is 1.43 bits per heavy atom. The molecule has 0 spiro atoms. The number of rotatable bonds is 3. The van der Waals surface area contributed by atoms with Crippen molar-refractivity contribution in [1.82, 2.24) is 0 Å². The van der Waals surface area contributed by atoms with Crippen LogP contribution in [0.15, 0.2) is 35.5 Å². The lowest BCUT2D eigenvalue weighted by molar-refractivity contribution is -0.149. The highest BCUT2D eigenvalue weighted by Gasteiger charge is 2.65. The van der Waals surface area contributed by atoms with Gasteiger partial charge in [-0.15, -0.1) is 0 Å². The van der Waals surface area contributed by atoms with Gasteiger partial charge < -0.3 is 23.7 Å². The summed E-state index contributed by atoms with van der Waals surface area (Å²) in [5, 5.41) is 0.